The zero-order valence-corrected chi connectivity index (χ0v) is 11.9. The monoisotopic (exact) mass is 325 g/mol. The Morgan fingerprint density at radius 1 is 1.17 bits per heavy atom. The van der Waals surface area contributed by atoms with Gasteiger partial charge in [-0.1, -0.05) is 18.2 Å². The number of aromatic nitrogens is 4. The van der Waals surface area contributed by atoms with Crippen LogP contribution >= 0.6 is 0 Å². The molecule has 0 bridgehead atoms. The molecule has 3 rings (SSSR count). The fourth-order valence-corrected chi connectivity index (χ4v) is 2.17. The Hall–Kier alpha value is -2.71. The van der Waals surface area contributed by atoms with Gasteiger partial charge in [0.25, 0.3) is 0 Å². The van der Waals surface area contributed by atoms with Gasteiger partial charge >= 0.3 is 6.18 Å². The molecule has 0 aliphatic rings. The van der Waals surface area contributed by atoms with Gasteiger partial charge in [-0.3, -0.25) is 0 Å². The van der Waals surface area contributed by atoms with E-state index in [4.69, 9.17) is 0 Å². The number of nitrogens with zero attached hydrogens (tertiary/aromatic N) is 4. The Balaban J connectivity index is 2.13. The molecule has 0 radical (unpaired) electrons. The average molecular weight is 325 g/mol. The van der Waals surface area contributed by atoms with Crippen molar-refractivity contribution in [2.24, 2.45) is 0 Å². The van der Waals surface area contributed by atoms with Crippen molar-refractivity contribution in [2.75, 3.05) is 12.4 Å². The molecular formula is C14H11F4N5. The second kappa shape index (κ2) is 5.49. The standard InChI is InChI=1S/C14H11F4N5/c1-19-11-10-12(22-13(21-11)14(16,17)18)23(7-20-10)6-8-4-2-3-5-9(8)15/h2-5,7H,6H2,1H3,(H,19,21,22). The van der Waals surface area contributed by atoms with Gasteiger partial charge in [0, 0.05) is 12.6 Å². The van der Waals surface area contributed by atoms with Crippen molar-refractivity contribution in [1.82, 2.24) is 19.5 Å². The summed E-state index contributed by atoms with van der Waals surface area (Å²) in [6.07, 6.45) is -3.38. The molecule has 1 aromatic carbocycles. The number of halogens is 4. The van der Waals surface area contributed by atoms with Crippen LogP contribution in [0, 0.1) is 5.82 Å². The van der Waals surface area contributed by atoms with Crippen molar-refractivity contribution in [3.05, 3.63) is 47.8 Å². The second-order valence-electron chi connectivity index (χ2n) is 4.78. The van der Waals surface area contributed by atoms with E-state index in [2.05, 4.69) is 20.3 Å². The van der Waals surface area contributed by atoms with Crippen LogP contribution in [0.5, 0.6) is 0 Å². The van der Waals surface area contributed by atoms with Crippen LogP contribution in [0.3, 0.4) is 0 Å². The van der Waals surface area contributed by atoms with Crippen molar-refractivity contribution in [3.8, 4) is 0 Å². The van der Waals surface area contributed by atoms with Crippen LogP contribution in [0.15, 0.2) is 30.6 Å². The Kier molecular flexibility index (Phi) is 3.63. The molecule has 0 saturated carbocycles. The molecule has 3 aromatic rings. The summed E-state index contributed by atoms with van der Waals surface area (Å²) in [4.78, 5) is 11.0. The van der Waals surface area contributed by atoms with Crippen LogP contribution in [0.25, 0.3) is 11.2 Å². The molecule has 9 heteroatoms. The van der Waals surface area contributed by atoms with Crippen molar-refractivity contribution in [2.45, 2.75) is 12.7 Å². The molecular weight excluding hydrogens is 314 g/mol. The zero-order chi connectivity index (χ0) is 16.6. The minimum absolute atomic E-state index is 0.0140. The van der Waals surface area contributed by atoms with Gasteiger partial charge in [0.2, 0.25) is 5.82 Å². The SMILES string of the molecule is CNc1nc(C(F)(F)F)nc2c1ncn2Cc1ccccc1F. The van der Waals surface area contributed by atoms with Gasteiger partial charge in [-0.15, -0.1) is 0 Å². The number of benzene rings is 1. The fourth-order valence-electron chi connectivity index (χ4n) is 2.17. The lowest BCUT2D eigenvalue weighted by Crippen LogP contribution is -2.14. The van der Waals surface area contributed by atoms with E-state index in [1.165, 1.54) is 30.1 Å². The van der Waals surface area contributed by atoms with Crippen LogP contribution in [0.4, 0.5) is 23.4 Å². The predicted molar refractivity (Wildman–Crippen MR) is 75.4 cm³/mol. The van der Waals surface area contributed by atoms with Gasteiger partial charge in [-0.25, -0.2) is 19.3 Å². The van der Waals surface area contributed by atoms with E-state index in [-0.39, 0.29) is 23.5 Å². The molecule has 0 spiro atoms. The summed E-state index contributed by atoms with van der Waals surface area (Å²) < 4.78 is 53.8. The van der Waals surface area contributed by atoms with Crippen LogP contribution < -0.4 is 5.32 Å². The molecule has 0 aliphatic carbocycles. The van der Waals surface area contributed by atoms with Crippen LogP contribution in [0.1, 0.15) is 11.4 Å². The van der Waals surface area contributed by atoms with Crippen molar-refractivity contribution in [1.29, 1.82) is 0 Å². The predicted octanol–water partition coefficient (Wildman–Crippen LogP) is 3.07. The van der Waals surface area contributed by atoms with Gasteiger partial charge in [-0.05, 0) is 6.07 Å². The lowest BCUT2D eigenvalue weighted by Gasteiger charge is -2.09. The van der Waals surface area contributed by atoms with E-state index >= 15 is 0 Å². The van der Waals surface area contributed by atoms with Gasteiger partial charge in [0.1, 0.15) is 11.3 Å². The number of imidazole rings is 1. The van der Waals surface area contributed by atoms with Crippen LogP contribution in [0.2, 0.25) is 0 Å². The molecule has 23 heavy (non-hydrogen) atoms. The molecule has 0 atom stereocenters. The van der Waals surface area contributed by atoms with Gasteiger partial charge < -0.3 is 9.88 Å². The highest BCUT2D eigenvalue weighted by atomic mass is 19.4. The molecule has 0 amide bonds. The maximum atomic E-state index is 13.7. The van der Waals surface area contributed by atoms with Crippen molar-refractivity contribution < 1.29 is 17.6 Å². The van der Waals surface area contributed by atoms with Gasteiger partial charge in [0.05, 0.1) is 12.9 Å². The highest BCUT2D eigenvalue weighted by Gasteiger charge is 2.36. The maximum absolute atomic E-state index is 13.7. The Labute approximate surface area is 128 Å². The first-order valence-corrected chi connectivity index (χ1v) is 6.61. The van der Waals surface area contributed by atoms with E-state index in [0.29, 0.717) is 5.56 Å². The zero-order valence-electron chi connectivity index (χ0n) is 11.9. The first-order valence-electron chi connectivity index (χ1n) is 6.61. The van der Waals surface area contributed by atoms with Crippen LogP contribution in [-0.2, 0) is 12.7 Å². The third kappa shape index (κ3) is 2.81. The summed E-state index contributed by atoms with van der Waals surface area (Å²) in [5.41, 5.74) is 0.502. The molecule has 0 unspecified atom stereocenters. The number of hydrogen-bond acceptors (Lipinski definition) is 4. The van der Waals surface area contributed by atoms with E-state index in [9.17, 15) is 17.6 Å². The Bertz CT molecular complexity index is 856. The lowest BCUT2D eigenvalue weighted by molar-refractivity contribution is -0.144. The number of fused-ring (bicyclic) bond motifs is 1. The maximum Gasteiger partial charge on any atom is 0.451 e. The van der Waals surface area contributed by atoms with Crippen molar-refractivity contribution >= 4 is 17.0 Å². The average Bonchev–Trinajstić information content (AvgIpc) is 2.91. The molecule has 0 aliphatic heterocycles. The highest BCUT2D eigenvalue weighted by molar-refractivity contribution is 5.83. The molecule has 120 valence electrons. The summed E-state index contributed by atoms with van der Waals surface area (Å²) >= 11 is 0. The van der Waals surface area contributed by atoms with E-state index in [1.807, 2.05) is 0 Å². The Morgan fingerprint density at radius 3 is 2.57 bits per heavy atom. The summed E-state index contributed by atoms with van der Waals surface area (Å²) in [7, 11) is 1.44. The quantitative estimate of drug-likeness (QED) is 0.752. The highest BCUT2D eigenvalue weighted by Crippen LogP contribution is 2.30. The summed E-state index contributed by atoms with van der Waals surface area (Å²) in [5, 5.41) is 2.57. The third-order valence-electron chi connectivity index (χ3n) is 3.25. The fraction of sp³-hybridized carbons (Fsp3) is 0.214. The van der Waals surface area contributed by atoms with Crippen LogP contribution in [-0.4, -0.2) is 26.6 Å². The first kappa shape index (κ1) is 15.2. The number of rotatable bonds is 3. The van der Waals surface area contributed by atoms with E-state index < -0.39 is 17.8 Å². The van der Waals surface area contributed by atoms with Gasteiger partial charge in [0.15, 0.2) is 11.5 Å². The molecule has 2 aromatic heterocycles. The second-order valence-corrected chi connectivity index (χ2v) is 4.78. The third-order valence-corrected chi connectivity index (χ3v) is 3.25. The Morgan fingerprint density at radius 2 is 1.91 bits per heavy atom. The molecule has 5 nitrogen and oxygen atoms in total. The lowest BCUT2D eigenvalue weighted by atomic mass is 10.2. The molecule has 1 N–H and O–H groups in total. The molecule has 0 fully saturated rings. The van der Waals surface area contributed by atoms with E-state index in [0.717, 1.165) is 0 Å². The molecule has 0 saturated heterocycles. The summed E-state index contributed by atoms with van der Waals surface area (Å²) in [6.45, 7) is 0.0145. The minimum Gasteiger partial charge on any atom is -0.371 e. The number of alkyl halides is 3. The molecule has 2 heterocycles. The first-order chi connectivity index (χ1) is 10.9. The smallest absolute Gasteiger partial charge is 0.371 e. The van der Waals surface area contributed by atoms with E-state index in [1.54, 1.807) is 12.1 Å². The van der Waals surface area contributed by atoms with Crippen molar-refractivity contribution in [3.63, 3.8) is 0 Å². The summed E-state index contributed by atoms with van der Waals surface area (Å²) in [6, 6.07) is 6.01. The normalized spacial score (nSPS) is 11.9. The van der Waals surface area contributed by atoms with Gasteiger partial charge in [-0.2, -0.15) is 13.2 Å². The largest absolute Gasteiger partial charge is 0.451 e. The number of hydrogen-bond donors (Lipinski definition) is 1. The number of anilines is 1. The topological polar surface area (TPSA) is 55.6 Å². The number of nitrogens with one attached hydrogen (secondary N) is 1. The minimum atomic E-state index is -4.69. The summed E-state index contributed by atoms with van der Waals surface area (Å²) in [5.74, 6) is -1.76.